The summed E-state index contributed by atoms with van der Waals surface area (Å²) in [7, 11) is 1.61. The fourth-order valence-corrected chi connectivity index (χ4v) is 1.75. The smallest absolute Gasteiger partial charge is 0.259 e. The molecule has 19 heavy (non-hydrogen) atoms. The summed E-state index contributed by atoms with van der Waals surface area (Å²) in [4.78, 5) is 15.9. The Morgan fingerprint density at radius 2 is 2.16 bits per heavy atom. The number of aryl methyl sites for hydroxylation is 1. The van der Waals surface area contributed by atoms with Crippen molar-refractivity contribution in [2.45, 2.75) is 6.92 Å². The number of nitrogens with one attached hydrogen (secondary N) is 1. The molecular weight excluding hydrogens is 242 g/mol. The predicted molar refractivity (Wildman–Crippen MR) is 74.3 cm³/mol. The van der Waals surface area contributed by atoms with Gasteiger partial charge in [-0.2, -0.15) is 0 Å². The summed E-state index contributed by atoms with van der Waals surface area (Å²) >= 11 is 0. The molecule has 0 radical (unpaired) electrons. The third kappa shape index (κ3) is 2.82. The molecule has 0 fully saturated rings. The van der Waals surface area contributed by atoms with Gasteiger partial charge in [0.05, 0.1) is 12.7 Å². The van der Waals surface area contributed by atoms with Gasteiger partial charge in [-0.05, 0) is 36.8 Å². The van der Waals surface area contributed by atoms with Crippen LogP contribution < -0.4 is 15.8 Å². The van der Waals surface area contributed by atoms with Crippen LogP contribution in [-0.2, 0) is 0 Å². The van der Waals surface area contributed by atoms with Crippen LogP contribution in [0.25, 0.3) is 0 Å². The lowest BCUT2D eigenvalue weighted by atomic mass is 10.2. The van der Waals surface area contributed by atoms with Gasteiger partial charge in [0.2, 0.25) is 0 Å². The van der Waals surface area contributed by atoms with E-state index in [2.05, 4.69) is 10.3 Å². The Hall–Kier alpha value is -2.56. The molecular formula is C14H15N3O2. The average molecular weight is 257 g/mol. The number of benzene rings is 1. The maximum Gasteiger partial charge on any atom is 0.259 e. The Kier molecular flexibility index (Phi) is 3.66. The summed E-state index contributed by atoms with van der Waals surface area (Å²) in [5, 5.41) is 2.78. The minimum Gasteiger partial charge on any atom is -0.496 e. The molecule has 0 saturated heterocycles. The molecule has 0 bridgehead atoms. The lowest BCUT2D eigenvalue weighted by Gasteiger charge is -2.09. The monoisotopic (exact) mass is 257 g/mol. The summed E-state index contributed by atoms with van der Waals surface area (Å²) in [6.45, 7) is 1.91. The van der Waals surface area contributed by atoms with Gasteiger partial charge in [0.25, 0.3) is 5.91 Å². The van der Waals surface area contributed by atoms with Gasteiger partial charge in [0.1, 0.15) is 5.75 Å². The van der Waals surface area contributed by atoms with E-state index in [-0.39, 0.29) is 5.91 Å². The Labute approximate surface area is 111 Å². The quantitative estimate of drug-likeness (QED) is 0.884. The number of anilines is 2. The van der Waals surface area contributed by atoms with Crippen LogP contribution in [0.3, 0.4) is 0 Å². The number of nitrogen functional groups attached to an aromatic ring is 1. The van der Waals surface area contributed by atoms with Crippen molar-refractivity contribution < 1.29 is 9.53 Å². The number of hydrogen-bond donors (Lipinski definition) is 2. The Balaban J connectivity index is 2.20. The number of carbonyl (C=O) groups excluding carboxylic acids is 1. The topological polar surface area (TPSA) is 77.2 Å². The maximum atomic E-state index is 12.0. The third-order valence-electron chi connectivity index (χ3n) is 2.75. The second-order valence-electron chi connectivity index (χ2n) is 4.10. The van der Waals surface area contributed by atoms with Gasteiger partial charge < -0.3 is 15.8 Å². The third-order valence-corrected chi connectivity index (χ3v) is 2.75. The van der Waals surface area contributed by atoms with Crippen molar-refractivity contribution in [1.29, 1.82) is 0 Å². The van der Waals surface area contributed by atoms with E-state index in [0.29, 0.717) is 16.9 Å². The number of ether oxygens (including phenoxy) is 1. The van der Waals surface area contributed by atoms with E-state index in [1.54, 1.807) is 31.5 Å². The highest BCUT2D eigenvalue weighted by molar-refractivity contribution is 6.07. The molecule has 1 aromatic carbocycles. The largest absolute Gasteiger partial charge is 0.496 e. The van der Waals surface area contributed by atoms with Crippen LogP contribution in [0.4, 0.5) is 11.4 Å². The Morgan fingerprint density at radius 3 is 2.79 bits per heavy atom. The lowest BCUT2D eigenvalue weighted by Crippen LogP contribution is -2.14. The molecule has 0 spiro atoms. The molecule has 2 rings (SSSR count). The highest BCUT2D eigenvalue weighted by Gasteiger charge is 2.10. The molecule has 0 saturated carbocycles. The van der Waals surface area contributed by atoms with Crippen molar-refractivity contribution in [3.63, 3.8) is 0 Å². The Bertz CT molecular complexity index is 611. The van der Waals surface area contributed by atoms with Gasteiger partial charge in [-0.25, -0.2) is 0 Å². The number of rotatable bonds is 3. The van der Waals surface area contributed by atoms with Crippen LogP contribution in [0, 0.1) is 6.92 Å². The van der Waals surface area contributed by atoms with Crippen LogP contribution in [0.15, 0.2) is 36.7 Å². The summed E-state index contributed by atoms with van der Waals surface area (Å²) in [6, 6.07) is 7.01. The number of amides is 1. The highest BCUT2D eigenvalue weighted by Crippen LogP contribution is 2.22. The molecule has 1 aromatic heterocycles. The number of aromatic nitrogens is 1. The molecule has 1 amide bonds. The summed E-state index contributed by atoms with van der Waals surface area (Å²) in [6.07, 6.45) is 2.99. The normalized spacial score (nSPS) is 10.0. The van der Waals surface area contributed by atoms with Crippen molar-refractivity contribution in [3.8, 4) is 5.75 Å². The highest BCUT2D eigenvalue weighted by atomic mass is 16.5. The van der Waals surface area contributed by atoms with Gasteiger partial charge in [-0.3, -0.25) is 9.78 Å². The first-order valence-electron chi connectivity index (χ1n) is 5.77. The van der Waals surface area contributed by atoms with Gasteiger partial charge in [0.15, 0.2) is 0 Å². The predicted octanol–water partition coefficient (Wildman–Crippen LogP) is 2.23. The molecule has 3 N–H and O–H groups in total. The number of carbonyl (C=O) groups is 1. The molecule has 0 aliphatic heterocycles. The molecule has 0 atom stereocenters. The van der Waals surface area contributed by atoms with Crippen molar-refractivity contribution >= 4 is 17.3 Å². The molecule has 5 heteroatoms. The molecule has 0 unspecified atom stereocenters. The first-order chi connectivity index (χ1) is 9.11. The molecule has 5 nitrogen and oxygen atoms in total. The maximum absolute atomic E-state index is 12.0. The van der Waals surface area contributed by atoms with Crippen LogP contribution in [0.1, 0.15) is 15.9 Å². The minimum atomic E-state index is -0.282. The fraction of sp³-hybridized carbons (Fsp3) is 0.143. The zero-order valence-corrected chi connectivity index (χ0v) is 10.8. The molecule has 98 valence electrons. The second kappa shape index (κ2) is 5.39. The van der Waals surface area contributed by atoms with Gasteiger partial charge in [0, 0.05) is 23.8 Å². The SMILES string of the molecule is COc1ccc(NC(=O)c2cnccc2N)cc1C. The number of nitrogens with two attached hydrogens (primary N) is 1. The zero-order valence-electron chi connectivity index (χ0n) is 10.8. The number of nitrogens with zero attached hydrogens (tertiary/aromatic N) is 1. The van der Waals surface area contributed by atoms with Crippen LogP contribution >= 0.6 is 0 Å². The lowest BCUT2D eigenvalue weighted by molar-refractivity contribution is 0.102. The van der Waals surface area contributed by atoms with E-state index in [1.165, 1.54) is 6.20 Å². The average Bonchev–Trinajstić information content (AvgIpc) is 2.39. The van der Waals surface area contributed by atoms with Gasteiger partial charge in [-0.15, -0.1) is 0 Å². The van der Waals surface area contributed by atoms with Crippen molar-refractivity contribution in [1.82, 2.24) is 4.98 Å². The number of hydrogen-bond acceptors (Lipinski definition) is 4. The van der Waals surface area contributed by atoms with Crippen LogP contribution in [-0.4, -0.2) is 18.0 Å². The van der Waals surface area contributed by atoms with E-state index in [4.69, 9.17) is 10.5 Å². The standard InChI is InChI=1S/C14H15N3O2/c1-9-7-10(3-4-13(9)19-2)17-14(18)11-8-16-6-5-12(11)15/h3-8H,1-2H3,(H2,15,16)(H,17,18). The summed E-state index contributed by atoms with van der Waals surface area (Å²) < 4.78 is 5.17. The second-order valence-corrected chi connectivity index (χ2v) is 4.10. The first-order valence-corrected chi connectivity index (χ1v) is 5.77. The van der Waals surface area contributed by atoms with Crippen molar-refractivity contribution in [3.05, 3.63) is 47.8 Å². The number of methoxy groups -OCH3 is 1. The summed E-state index contributed by atoms with van der Waals surface area (Å²) in [5.41, 5.74) is 8.12. The molecule has 0 aliphatic rings. The molecule has 1 heterocycles. The van der Waals surface area contributed by atoms with Crippen molar-refractivity contribution in [2.24, 2.45) is 0 Å². The molecule has 2 aromatic rings. The van der Waals surface area contributed by atoms with Gasteiger partial charge >= 0.3 is 0 Å². The van der Waals surface area contributed by atoms with Crippen LogP contribution in [0.5, 0.6) is 5.75 Å². The zero-order chi connectivity index (χ0) is 13.8. The first kappa shape index (κ1) is 12.9. The van der Waals surface area contributed by atoms with Crippen LogP contribution in [0.2, 0.25) is 0 Å². The summed E-state index contributed by atoms with van der Waals surface area (Å²) in [5.74, 6) is 0.494. The van der Waals surface area contributed by atoms with E-state index >= 15 is 0 Å². The van der Waals surface area contributed by atoms with E-state index in [9.17, 15) is 4.79 Å². The Morgan fingerprint density at radius 1 is 1.37 bits per heavy atom. The van der Waals surface area contributed by atoms with Gasteiger partial charge in [-0.1, -0.05) is 0 Å². The van der Waals surface area contributed by atoms with Crippen molar-refractivity contribution in [2.75, 3.05) is 18.2 Å². The molecule has 0 aliphatic carbocycles. The minimum absolute atomic E-state index is 0.282. The number of pyridine rings is 1. The fourth-order valence-electron chi connectivity index (χ4n) is 1.75. The van der Waals surface area contributed by atoms with E-state index in [1.807, 2.05) is 13.0 Å². The van der Waals surface area contributed by atoms with E-state index < -0.39 is 0 Å². The van der Waals surface area contributed by atoms with E-state index in [0.717, 1.165) is 11.3 Å².